The third-order valence-electron chi connectivity index (χ3n) is 3.64. The summed E-state index contributed by atoms with van der Waals surface area (Å²) in [6.07, 6.45) is -2.21. The number of nitrogens with one attached hydrogen (secondary N) is 2. The van der Waals surface area contributed by atoms with Gasteiger partial charge in [0.1, 0.15) is 0 Å². The molecule has 0 atom stereocenters. The number of aromatic nitrogens is 2. The number of nitriles is 1. The topological polar surface area (TPSA) is 90.7 Å². The molecule has 0 aliphatic rings. The number of nitrogens with zero attached hydrogens (tertiary/aromatic N) is 3. The van der Waals surface area contributed by atoms with Crippen molar-refractivity contribution in [3.63, 3.8) is 0 Å². The molecule has 1 aromatic heterocycles. The fourth-order valence-electron chi connectivity index (χ4n) is 2.34. The lowest BCUT2D eigenvalue weighted by atomic mass is 10.1. The molecule has 1 amide bonds. The average molecular weight is 383 g/mol. The van der Waals surface area contributed by atoms with E-state index in [0.717, 1.165) is 6.07 Å². The first-order chi connectivity index (χ1) is 13.4. The molecule has 2 aromatic carbocycles. The Morgan fingerprint density at radius 3 is 2.43 bits per heavy atom. The molecule has 140 valence electrons. The Labute approximate surface area is 157 Å². The van der Waals surface area contributed by atoms with Gasteiger partial charge in [-0.15, -0.1) is 0 Å². The first-order valence-corrected chi connectivity index (χ1v) is 7.93. The lowest BCUT2D eigenvalue weighted by Gasteiger charge is -2.13. The van der Waals surface area contributed by atoms with E-state index < -0.39 is 17.6 Å². The van der Waals surface area contributed by atoms with Crippen LogP contribution >= 0.6 is 0 Å². The molecule has 9 heteroatoms. The van der Waals surface area contributed by atoms with Gasteiger partial charge in [-0.2, -0.15) is 18.4 Å². The molecule has 6 nitrogen and oxygen atoms in total. The summed E-state index contributed by atoms with van der Waals surface area (Å²) in [5.41, 5.74) is -0.275. The Bertz CT molecular complexity index is 1040. The monoisotopic (exact) mass is 383 g/mol. The molecule has 0 fully saturated rings. The number of benzene rings is 2. The van der Waals surface area contributed by atoms with Crippen LogP contribution < -0.4 is 10.6 Å². The second-order valence-electron chi connectivity index (χ2n) is 5.61. The molecule has 1 heterocycles. The average Bonchev–Trinajstić information content (AvgIpc) is 2.68. The van der Waals surface area contributed by atoms with Crippen molar-refractivity contribution in [2.75, 3.05) is 10.6 Å². The van der Waals surface area contributed by atoms with E-state index >= 15 is 0 Å². The first-order valence-electron chi connectivity index (χ1n) is 7.93. The van der Waals surface area contributed by atoms with E-state index in [4.69, 9.17) is 5.26 Å². The highest BCUT2D eigenvalue weighted by Gasteiger charge is 2.33. The zero-order valence-corrected chi connectivity index (χ0v) is 14.2. The molecular formula is C19H12F3N5O. The largest absolute Gasteiger partial charge is 0.418 e. The van der Waals surface area contributed by atoms with Gasteiger partial charge < -0.3 is 10.6 Å². The second-order valence-corrected chi connectivity index (χ2v) is 5.61. The summed E-state index contributed by atoms with van der Waals surface area (Å²) in [7, 11) is 0. The number of hydrogen-bond acceptors (Lipinski definition) is 5. The van der Waals surface area contributed by atoms with Crippen LogP contribution in [0.4, 0.5) is 30.5 Å². The number of carbonyl (C=O) groups is 1. The maximum absolute atomic E-state index is 13.0. The van der Waals surface area contributed by atoms with E-state index in [2.05, 4.69) is 20.6 Å². The van der Waals surface area contributed by atoms with Gasteiger partial charge >= 0.3 is 6.18 Å². The smallest absolute Gasteiger partial charge is 0.324 e. The van der Waals surface area contributed by atoms with Gasteiger partial charge in [0.15, 0.2) is 0 Å². The Morgan fingerprint density at radius 2 is 1.75 bits per heavy atom. The number of halogens is 3. The standard InChI is InChI=1S/C19H12F3N5O/c20-19(21,22)15-6-1-2-7-16(15)27-17(28)13-10-24-18(25-11-13)26-14-5-3-4-12(8-14)9-23/h1-8,10-11H,(H,27,28)(H,24,25,26). The SMILES string of the molecule is N#Cc1cccc(Nc2ncc(C(=O)Nc3ccccc3C(F)(F)F)cn2)c1. The zero-order valence-electron chi connectivity index (χ0n) is 14.2. The van der Waals surface area contributed by atoms with Crippen LogP contribution in [0, 0.1) is 11.3 Å². The van der Waals surface area contributed by atoms with Gasteiger partial charge in [-0.3, -0.25) is 4.79 Å². The maximum Gasteiger partial charge on any atom is 0.418 e. The lowest BCUT2D eigenvalue weighted by molar-refractivity contribution is -0.136. The number of carbonyl (C=O) groups excluding carboxylic acids is 1. The van der Waals surface area contributed by atoms with Crippen molar-refractivity contribution in [1.29, 1.82) is 5.26 Å². The van der Waals surface area contributed by atoms with Gasteiger partial charge in [0.05, 0.1) is 28.4 Å². The number of amides is 1. The predicted molar refractivity (Wildman–Crippen MR) is 95.9 cm³/mol. The van der Waals surface area contributed by atoms with Crippen molar-refractivity contribution in [2.24, 2.45) is 0 Å². The second kappa shape index (κ2) is 7.75. The van der Waals surface area contributed by atoms with Crippen LogP contribution in [0.25, 0.3) is 0 Å². The Balaban J connectivity index is 1.73. The highest BCUT2D eigenvalue weighted by atomic mass is 19.4. The van der Waals surface area contributed by atoms with Crippen LogP contribution in [0.1, 0.15) is 21.5 Å². The number of hydrogen-bond donors (Lipinski definition) is 2. The van der Waals surface area contributed by atoms with Gasteiger partial charge in [0.25, 0.3) is 5.91 Å². The van der Waals surface area contributed by atoms with Crippen LogP contribution in [0.2, 0.25) is 0 Å². The third kappa shape index (κ3) is 4.42. The fraction of sp³-hybridized carbons (Fsp3) is 0.0526. The Hall–Kier alpha value is -3.93. The van der Waals surface area contributed by atoms with Gasteiger partial charge in [-0.1, -0.05) is 18.2 Å². The molecule has 28 heavy (non-hydrogen) atoms. The molecule has 3 aromatic rings. The van der Waals surface area contributed by atoms with Crippen molar-refractivity contribution >= 4 is 23.2 Å². The van der Waals surface area contributed by atoms with Gasteiger partial charge in [0.2, 0.25) is 5.95 Å². The molecule has 3 rings (SSSR count). The van der Waals surface area contributed by atoms with Gasteiger partial charge in [0, 0.05) is 18.1 Å². The number of rotatable bonds is 4. The molecule has 0 radical (unpaired) electrons. The summed E-state index contributed by atoms with van der Waals surface area (Å²) in [5.74, 6) is -0.600. The van der Waals surface area contributed by atoms with Gasteiger partial charge in [-0.25, -0.2) is 9.97 Å². The number of alkyl halides is 3. The maximum atomic E-state index is 13.0. The minimum absolute atomic E-state index is 0.00620. The summed E-state index contributed by atoms with van der Waals surface area (Å²) in [6, 6.07) is 13.3. The van der Waals surface area contributed by atoms with Crippen molar-refractivity contribution in [1.82, 2.24) is 9.97 Å². The van der Waals surface area contributed by atoms with Crippen LogP contribution in [0.5, 0.6) is 0 Å². The Morgan fingerprint density at radius 1 is 1.04 bits per heavy atom. The molecular weight excluding hydrogens is 371 g/mol. The predicted octanol–water partition coefficient (Wildman–Crippen LogP) is 4.36. The van der Waals surface area contributed by atoms with Crippen molar-refractivity contribution < 1.29 is 18.0 Å². The van der Waals surface area contributed by atoms with E-state index in [1.165, 1.54) is 30.6 Å². The van der Waals surface area contributed by atoms with Crippen molar-refractivity contribution in [3.05, 3.63) is 77.6 Å². The van der Waals surface area contributed by atoms with Crippen molar-refractivity contribution in [2.45, 2.75) is 6.18 Å². The van der Waals surface area contributed by atoms with Crippen LogP contribution in [0.3, 0.4) is 0 Å². The highest BCUT2D eigenvalue weighted by molar-refractivity contribution is 6.04. The molecule has 0 unspecified atom stereocenters. The minimum atomic E-state index is -4.59. The van der Waals surface area contributed by atoms with E-state index in [9.17, 15) is 18.0 Å². The van der Waals surface area contributed by atoms with Crippen LogP contribution in [0.15, 0.2) is 60.9 Å². The van der Waals surface area contributed by atoms with Crippen LogP contribution in [-0.2, 0) is 6.18 Å². The molecule has 2 N–H and O–H groups in total. The fourth-order valence-corrected chi connectivity index (χ4v) is 2.34. The van der Waals surface area contributed by atoms with E-state index in [1.54, 1.807) is 24.3 Å². The molecule has 0 aliphatic carbocycles. The summed E-state index contributed by atoms with van der Waals surface area (Å²) in [6.45, 7) is 0. The molecule has 0 saturated heterocycles. The summed E-state index contributed by atoms with van der Waals surface area (Å²) in [4.78, 5) is 20.2. The molecule has 0 saturated carbocycles. The third-order valence-corrected chi connectivity index (χ3v) is 3.64. The summed E-state index contributed by atoms with van der Waals surface area (Å²) in [5, 5.41) is 14.0. The van der Waals surface area contributed by atoms with Gasteiger partial charge in [-0.05, 0) is 30.3 Å². The summed E-state index contributed by atoms with van der Waals surface area (Å²) < 4.78 is 39.0. The molecule has 0 bridgehead atoms. The number of para-hydroxylation sites is 1. The quantitative estimate of drug-likeness (QED) is 0.698. The van der Waals surface area contributed by atoms with Crippen molar-refractivity contribution in [3.8, 4) is 6.07 Å². The highest BCUT2D eigenvalue weighted by Crippen LogP contribution is 2.34. The number of anilines is 3. The Kier molecular flexibility index (Phi) is 5.22. The minimum Gasteiger partial charge on any atom is -0.324 e. The van der Waals surface area contributed by atoms with E-state index in [1.807, 2.05) is 6.07 Å². The lowest BCUT2D eigenvalue weighted by Crippen LogP contribution is -2.17. The zero-order chi connectivity index (χ0) is 20.1. The first kappa shape index (κ1) is 18.8. The molecule has 0 spiro atoms. The van der Waals surface area contributed by atoms with E-state index in [-0.39, 0.29) is 17.2 Å². The van der Waals surface area contributed by atoms with E-state index in [0.29, 0.717) is 11.3 Å². The normalized spacial score (nSPS) is 10.8. The molecule has 0 aliphatic heterocycles. The summed E-state index contributed by atoms with van der Waals surface area (Å²) >= 11 is 0. The van der Waals surface area contributed by atoms with Crippen LogP contribution in [-0.4, -0.2) is 15.9 Å².